The average molecular weight is 247 g/mol. The number of carboxylic acids is 1. The molecule has 0 saturated heterocycles. The van der Waals surface area contributed by atoms with Gasteiger partial charge in [-0.1, -0.05) is 6.07 Å². The lowest BCUT2D eigenvalue weighted by Crippen LogP contribution is -2.06. The number of nitrogens with zero attached hydrogens (tertiary/aromatic N) is 1. The number of rotatable bonds is 4. The third-order valence-corrected chi connectivity index (χ3v) is 2.81. The van der Waals surface area contributed by atoms with E-state index in [0.29, 0.717) is 6.54 Å². The molecule has 5 heteroatoms. The van der Waals surface area contributed by atoms with E-state index in [-0.39, 0.29) is 18.0 Å². The summed E-state index contributed by atoms with van der Waals surface area (Å²) >= 11 is 0. The van der Waals surface area contributed by atoms with E-state index < -0.39 is 5.97 Å². The fourth-order valence-corrected chi connectivity index (χ4v) is 1.83. The zero-order valence-electron chi connectivity index (χ0n) is 9.92. The van der Waals surface area contributed by atoms with Crippen molar-refractivity contribution in [2.75, 3.05) is 7.11 Å². The van der Waals surface area contributed by atoms with Crippen LogP contribution in [-0.4, -0.2) is 28.7 Å². The molecule has 0 saturated carbocycles. The molecular formula is C13H13NO4. The first kappa shape index (κ1) is 12.2. The lowest BCUT2D eigenvalue weighted by molar-refractivity contribution is -0.140. The largest absolute Gasteiger partial charge is 0.478 e. The van der Waals surface area contributed by atoms with Crippen molar-refractivity contribution >= 4 is 22.8 Å². The second-order valence-corrected chi connectivity index (χ2v) is 3.91. The maximum Gasteiger partial charge on any atom is 0.335 e. The van der Waals surface area contributed by atoms with Crippen molar-refractivity contribution in [3.63, 3.8) is 0 Å². The molecule has 1 N–H and O–H groups in total. The second-order valence-electron chi connectivity index (χ2n) is 3.91. The van der Waals surface area contributed by atoms with Gasteiger partial charge in [0.05, 0.1) is 19.1 Å². The summed E-state index contributed by atoms with van der Waals surface area (Å²) in [6.07, 6.45) is 2.09. The van der Waals surface area contributed by atoms with Gasteiger partial charge in [0, 0.05) is 18.3 Å². The van der Waals surface area contributed by atoms with Crippen molar-refractivity contribution < 1.29 is 19.4 Å². The van der Waals surface area contributed by atoms with Crippen LogP contribution < -0.4 is 0 Å². The van der Waals surface area contributed by atoms with Crippen molar-refractivity contribution in [1.29, 1.82) is 0 Å². The third-order valence-electron chi connectivity index (χ3n) is 2.81. The summed E-state index contributed by atoms with van der Waals surface area (Å²) in [5.74, 6) is -1.25. The molecule has 1 heterocycles. The first-order valence-electron chi connectivity index (χ1n) is 5.51. The standard InChI is InChI=1S/C13H13NO4/c1-18-12(15)5-7-14-6-4-9-2-3-10(13(16)17)8-11(9)14/h2-4,6,8H,5,7H2,1H3,(H,16,17). The summed E-state index contributed by atoms with van der Waals surface area (Å²) in [6.45, 7) is 0.471. The molecule has 18 heavy (non-hydrogen) atoms. The number of hydrogen-bond acceptors (Lipinski definition) is 3. The predicted molar refractivity (Wildman–Crippen MR) is 65.5 cm³/mol. The van der Waals surface area contributed by atoms with Crippen LogP contribution in [0.5, 0.6) is 0 Å². The summed E-state index contributed by atoms with van der Waals surface area (Å²) in [6, 6.07) is 6.82. The first-order valence-corrected chi connectivity index (χ1v) is 5.51. The Morgan fingerprint density at radius 1 is 1.33 bits per heavy atom. The molecule has 0 unspecified atom stereocenters. The van der Waals surface area contributed by atoms with Crippen molar-refractivity contribution in [3.05, 3.63) is 36.0 Å². The highest BCUT2D eigenvalue weighted by Crippen LogP contribution is 2.18. The molecule has 0 radical (unpaired) electrons. The van der Waals surface area contributed by atoms with E-state index >= 15 is 0 Å². The Hall–Kier alpha value is -2.30. The van der Waals surface area contributed by atoms with Gasteiger partial charge in [0.25, 0.3) is 0 Å². The molecule has 0 aliphatic rings. The molecule has 0 atom stereocenters. The predicted octanol–water partition coefficient (Wildman–Crippen LogP) is 1.90. The SMILES string of the molecule is COC(=O)CCn1ccc2ccc(C(=O)O)cc21. The normalized spacial score (nSPS) is 10.5. The van der Waals surface area contributed by atoms with Gasteiger partial charge < -0.3 is 14.4 Å². The highest BCUT2D eigenvalue weighted by Gasteiger charge is 2.08. The minimum absolute atomic E-state index is 0.237. The van der Waals surface area contributed by atoms with Gasteiger partial charge in [0.15, 0.2) is 0 Å². The van der Waals surface area contributed by atoms with Crippen molar-refractivity contribution in [3.8, 4) is 0 Å². The highest BCUT2D eigenvalue weighted by molar-refractivity contribution is 5.93. The van der Waals surface area contributed by atoms with Crippen molar-refractivity contribution in [1.82, 2.24) is 4.57 Å². The van der Waals surface area contributed by atoms with Crippen LogP contribution >= 0.6 is 0 Å². The second kappa shape index (κ2) is 4.91. The number of methoxy groups -OCH3 is 1. The van der Waals surface area contributed by atoms with Crippen LogP contribution in [0.1, 0.15) is 16.8 Å². The quantitative estimate of drug-likeness (QED) is 0.838. The number of aryl methyl sites for hydroxylation is 1. The van der Waals surface area contributed by atoms with Gasteiger partial charge in [-0.15, -0.1) is 0 Å². The molecule has 0 bridgehead atoms. The Morgan fingerprint density at radius 2 is 2.11 bits per heavy atom. The Balaban J connectivity index is 2.30. The van der Waals surface area contributed by atoms with E-state index in [2.05, 4.69) is 4.74 Å². The van der Waals surface area contributed by atoms with Gasteiger partial charge in [0.2, 0.25) is 0 Å². The molecule has 0 aliphatic carbocycles. The van der Waals surface area contributed by atoms with Crippen molar-refractivity contribution in [2.45, 2.75) is 13.0 Å². The molecule has 5 nitrogen and oxygen atoms in total. The number of esters is 1. The third kappa shape index (κ3) is 2.34. The number of aromatic nitrogens is 1. The van der Waals surface area contributed by atoms with Crippen LogP contribution in [-0.2, 0) is 16.1 Å². The maximum absolute atomic E-state index is 11.1. The summed E-state index contributed by atoms with van der Waals surface area (Å²) in [7, 11) is 1.35. The molecule has 0 aliphatic heterocycles. The topological polar surface area (TPSA) is 68.5 Å². The van der Waals surface area contributed by atoms with E-state index in [0.717, 1.165) is 10.9 Å². The Bertz CT molecular complexity index is 600. The molecule has 0 fully saturated rings. The van der Waals surface area contributed by atoms with E-state index in [4.69, 9.17) is 5.11 Å². The van der Waals surface area contributed by atoms with E-state index in [1.807, 2.05) is 16.8 Å². The zero-order chi connectivity index (χ0) is 13.1. The van der Waals surface area contributed by atoms with Gasteiger partial charge in [0.1, 0.15) is 0 Å². The molecular weight excluding hydrogens is 234 g/mol. The van der Waals surface area contributed by atoms with Gasteiger partial charge >= 0.3 is 11.9 Å². The molecule has 0 spiro atoms. The lowest BCUT2D eigenvalue weighted by atomic mass is 10.1. The van der Waals surface area contributed by atoms with Crippen LogP contribution in [0.2, 0.25) is 0 Å². The number of carbonyl (C=O) groups is 2. The number of ether oxygens (including phenoxy) is 1. The minimum Gasteiger partial charge on any atom is -0.478 e. The number of fused-ring (bicyclic) bond motifs is 1. The van der Waals surface area contributed by atoms with E-state index in [9.17, 15) is 9.59 Å². The Labute approximate surface area is 104 Å². The number of carbonyl (C=O) groups excluding carboxylic acids is 1. The fourth-order valence-electron chi connectivity index (χ4n) is 1.83. The minimum atomic E-state index is -0.961. The maximum atomic E-state index is 11.1. The van der Waals surface area contributed by atoms with E-state index in [1.54, 1.807) is 18.2 Å². The molecule has 1 aromatic heterocycles. The summed E-state index contributed by atoms with van der Waals surface area (Å²) in [4.78, 5) is 22.0. The average Bonchev–Trinajstić information content (AvgIpc) is 2.78. The van der Waals surface area contributed by atoms with Crippen LogP contribution in [0, 0.1) is 0 Å². The number of carboxylic acid groups (broad SMARTS) is 1. The first-order chi connectivity index (χ1) is 8.61. The van der Waals surface area contributed by atoms with Gasteiger partial charge in [-0.3, -0.25) is 4.79 Å². The molecule has 2 rings (SSSR count). The van der Waals surface area contributed by atoms with E-state index in [1.165, 1.54) is 7.11 Å². The van der Waals surface area contributed by atoms with Crippen LogP contribution in [0.4, 0.5) is 0 Å². The molecule has 94 valence electrons. The number of aromatic carboxylic acids is 1. The van der Waals surface area contributed by atoms with Crippen molar-refractivity contribution in [2.24, 2.45) is 0 Å². The van der Waals surface area contributed by atoms with Crippen LogP contribution in [0.3, 0.4) is 0 Å². The smallest absolute Gasteiger partial charge is 0.335 e. The molecule has 1 aromatic carbocycles. The summed E-state index contributed by atoms with van der Waals surface area (Å²) in [5, 5.41) is 9.89. The molecule has 2 aromatic rings. The zero-order valence-corrected chi connectivity index (χ0v) is 9.92. The molecule has 0 amide bonds. The summed E-state index contributed by atoms with van der Waals surface area (Å²) < 4.78 is 6.42. The van der Waals surface area contributed by atoms with Crippen LogP contribution in [0.15, 0.2) is 30.5 Å². The number of hydrogen-bond donors (Lipinski definition) is 1. The Kier molecular flexibility index (Phi) is 3.32. The monoisotopic (exact) mass is 247 g/mol. The van der Waals surface area contributed by atoms with Gasteiger partial charge in [-0.25, -0.2) is 4.79 Å². The fraction of sp³-hybridized carbons (Fsp3) is 0.231. The number of benzene rings is 1. The van der Waals surface area contributed by atoms with Crippen LogP contribution in [0.25, 0.3) is 10.9 Å². The van der Waals surface area contributed by atoms with Gasteiger partial charge in [-0.2, -0.15) is 0 Å². The Morgan fingerprint density at radius 3 is 2.78 bits per heavy atom. The summed E-state index contributed by atoms with van der Waals surface area (Å²) in [5.41, 5.74) is 1.04. The lowest BCUT2D eigenvalue weighted by Gasteiger charge is -2.05. The highest BCUT2D eigenvalue weighted by atomic mass is 16.5. The van der Waals surface area contributed by atoms with Gasteiger partial charge in [-0.05, 0) is 23.6 Å².